The third-order valence-corrected chi connectivity index (χ3v) is 1.03. The van der Waals surface area contributed by atoms with Gasteiger partial charge in [-0.2, -0.15) is 8.78 Å². The minimum absolute atomic E-state index is 0. The fraction of sp³-hybridized carbons (Fsp3) is 0.167. The molecule has 0 fully saturated rings. The Bertz CT molecular complexity index is 250. The predicted octanol–water partition coefficient (Wildman–Crippen LogP) is 2.11. The molecule has 7 heteroatoms. The lowest BCUT2D eigenvalue weighted by molar-refractivity contribution is -0.0495. The average molecular weight is 233 g/mol. The standard InChI is InChI=1S/C6H6F2N2O.2ClH/c7-6(8)11-5-3-10-2-1-4(5)9;;/h1-3,6H,(H2,9,10);2*1H. The summed E-state index contributed by atoms with van der Waals surface area (Å²) in [6.45, 7) is -2.86. The molecule has 0 radical (unpaired) electrons. The Morgan fingerprint density at radius 1 is 1.38 bits per heavy atom. The number of nitrogens with two attached hydrogens (primary N) is 1. The van der Waals surface area contributed by atoms with Crippen molar-refractivity contribution in [3.8, 4) is 5.75 Å². The van der Waals surface area contributed by atoms with Crippen molar-refractivity contribution in [3.05, 3.63) is 18.5 Å². The van der Waals surface area contributed by atoms with Crippen LogP contribution >= 0.6 is 24.8 Å². The maximum Gasteiger partial charge on any atom is 0.387 e. The van der Waals surface area contributed by atoms with Crippen LogP contribution in [-0.4, -0.2) is 11.6 Å². The zero-order valence-electron chi connectivity index (χ0n) is 6.31. The summed E-state index contributed by atoms with van der Waals surface area (Å²) in [6.07, 6.45) is 2.54. The molecule has 76 valence electrons. The summed E-state index contributed by atoms with van der Waals surface area (Å²) in [5.41, 5.74) is 5.42. The van der Waals surface area contributed by atoms with Crippen molar-refractivity contribution in [2.75, 3.05) is 5.73 Å². The lowest BCUT2D eigenvalue weighted by atomic mass is 10.4. The molecule has 0 saturated heterocycles. The van der Waals surface area contributed by atoms with Gasteiger partial charge in [-0.1, -0.05) is 0 Å². The maximum absolute atomic E-state index is 11.6. The van der Waals surface area contributed by atoms with Crippen molar-refractivity contribution in [2.24, 2.45) is 0 Å². The first-order chi connectivity index (χ1) is 5.20. The molecular formula is C6H8Cl2F2N2O. The lowest BCUT2D eigenvalue weighted by Crippen LogP contribution is -2.04. The van der Waals surface area contributed by atoms with Gasteiger partial charge >= 0.3 is 6.61 Å². The van der Waals surface area contributed by atoms with Crippen LogP contribution in [0.15, 0.2) is 18.5 Å². The van der Waals surface area contributed by atoms with Gasteiger partial charge in [-0.05, 0) is 6.07 Å². The molecule has 1 aromatic rings. The van der Waals surface area contributed by atoms with E-state index in [0.717, 1.165) is 6.20 Å². The molecule has 0 aromatic carbocycles. The minimum atomic E-state index is -2.86. The SMILES string of the molecule is Cl.Cl.Nc1ccncc1OC(F)F. The lowest BCUT2D eigenvalue weighted by Gasteiger charge is -2.04. The van der Waals surface area contributed by atoms with E-state index in [4.69, 9.17) is 5.73 Å². The van der Waals surface area contributed by atoms with Crippen molar-refractivity contribution in [1.82, 2.24) is 4.98 Å². The molecule has 1 aromatic heterocycles. The van der Waals surface area contributed by atoms with Gasteiger partial charge in [0.2, 0.25) is 0 Å². The molecule has 0 aliphatic rings. The molecule has 0 spiro atoms. The smallest absolute Gasteiger partial charge is 0.387 e. The number of pyridine rings is 1. The number of anilines is 1. The van der Waals surface area contributed by atoms with Crippen LogP contribution in [-0.2, 0) is 0 Å². The summed E-state index contributed by atoms with van der Waals surface area (Å²) < 4.78 is 27.2. The highest BCUT2D eigenvalue weighted by Gasteiger charge is 2.06. The highest BCUT2D eigenvalue weighted by molar-refractivity contribution is 5.85. The van der Waals surface area contributed by atoms with Crippen LogP contribution in [0.1, 0.15) is 0 Å². The van der Waals surface area contributed by atoms with Crippen LogP contribution in [0.2, 0.25) is 0 Å². The third kappa shape index (κ3) is 4.69. The number of nitrogen functional groups attached to an aromatic ring is 1. The second kappa shape index (κ2) is 6.68. The number of nitrogens with zero attached hydrogens (tertiary/aromatic N) is 1. The molecule has 0 aliphatic carbocycles. The number of hydrogen-bond donors (Lipinski definition) is 1. The van der Waals surface area contributed by atoms with E-state index in [-0.39, 0.29) is 36.3 Å². The zero-order chi connectivity index (χ0) is 8.27. The van der Waals surface area contributed by atoms with E-state index < -0.39 is 6.61 Å². The van der Waals surface area contributed by atoms with Crippen LogP contribution in [0.4, 0.5) is 14.5 Å². The number of halogens is 4. The maximum atomic E-state index is 11.6. The summed E-state index contributed by atoms with van der Waals surface area (Å²) in [5, 5.41) is 0. The second-order valence-corrected chi connectivity index (χ2v) is 1.79. The van der Waals surface area contributed by atoms with Crippen molar-refractivity contribution >= 4 is 30.5 Å². The number of ether oxygens (including phenoxy) is 1. The first kappa shape index (κ1) is 14.7. The second-order valence-electron chi connectivity index (χ2n) is 1.79. The van der Waals surface area contributed by atoms with Gasteiger partial charge in [-0.25, -0.2) is 0 Å². The van der Waals surface area contributed by atoms with E-state index in [0.29, 0.717) is 0 Å². The number of hydrogen-bond acceptors (Lipinski definition) is 3. The number of aromatic nitrogens is 1. The van der Waals surface area contributed by atoms with E-state index in [1.165, 1.54) is 12.3 Å². The Hall–Kier alpha value is -0.810. The summed E-state index contributed by atoms with van der Waals surface area (Å²) >= 11 is 0. The van der Waals surface area contributed by atoms with Crippen LogP contribution in [0.25, 0.3) is 0 Å². The molecule has 13 heavy (non-hydrogen) atoms. The molecule has 0 amide bonds. The number of rotatable bonds is 2. The Kier molecular flexibility index (Phi) is 7.55. The topological polar surface area (TPSA) is 48.1 Å². The van der Waals surface area contributed by atoms with Crippen molar-refractivity contribution in [1.29, 1.82) is 0 Å². The first-order valence-corrected chi connectivity index (χ1v) is 2.84. The van der Waals surface area contributed by atoms with Crippen molar-refractivity contribution < 1.29 is 13.5 Å². The highest BCUT2D eigenvalue weighted by Crippen LogP contribution is 2.19. The first-order valence-electron chi connectivity index (χ1n) is 2.84. The molecule has 0 bridgehead atoms. The van der Waals surface area contributed by atoms with E-state index in [9.17, 15) is 8.78 Å². The molecule has 2 N–H and O–H groups in total. The van der Waals surface area contributed by atoms with E-state index in [1.807, 2.05) is 0 Å². The van der Waals surface area contributed by atoms with Crippen molar-refractivity contribution in [2.45, 2.75) is 6.61 Å². The Morgan fingerprint density at radius 3 is 2.46 bits per heavy atom. The summed E-state index contributed by atoms with van der Waals surface area (Å²) in [4.78, 5) is 3.56. The quantitative estimate of drug-likeness (QED) is 0.850. The molecule has 0 aliphatic heterocycles. The van der Waals surface area contributed by atoms with Gasteiger partial charge in [0, 0.05) is 6.20 Å². The van der Waals surface area contributed by atoms with E-state index in [2.05, 4.69) is 9.72 Å². The number of alkyl halides is 2. The fourth-order valence-electron chi connectivity index (χ4n) is 0.585. The normalized spacial score (nSPS) is 8.54. The van der Waals surface area contributed by atoms with Gasteiger partial charge in [0.15, 0.2) is 5.75 Å². The van der Waals surface area contributed by atoms with Crippen LogP contribution < -0.4 is 10.5 Å². The summed E-state index contributed by atoms with van der Waals surface area (Å²) in [6, 6.07) is 1.39. The molecule has 0 atom stereocenters. The van der Waals surface area contributed by atoms with Gasteiger partial charge in [-0.15, -0.1) is 24.8 Å². The van der Waals surface area contributed by atoms with Crippen LogP contribution in [0.3, 0.4) is 0 Å². The molecular weight excluding hydrogens is 225 g/mol. The molecule has 3 nitrogen and oxygen atoms in total. The molecule has 1 heterocycles. The van der Waals surface area contributed by atoms with E-state index in [1.54, 1.807) is 0 Å². The Balaban J connectivity index is 0. The zero-order valence-corrected chi connectivity index (χ0v) is 7.95. The molecule has 1 rings (SSSR count). The van der Waals surface area contributed by atoms with Gasteiger partial charge in [0.25, 0.3) is 0 Å². The minimum Gasteiger partial charge on any atom is -0.431 e. The van der Waals surface area contributed by atoms with E-state index >= 15 is 0 Å². The third-order valence-electron chi connectivity index (χ3n) is 1.03. The molecule has 0 saturated carbocycles. The van der Waals surface area contributed by atoms with Gasteiger partial charge < -0.3 is 10.5 Å². The van der Waals surface area contributed by atoms with Gasteiger partial charge in [-0.3, -0.25) is 4.98 Å². The summed E-state index contributed by atoms with van der Waals surface area (Å²) in [7, 11) is 0. The summed E-state index contributed by atoms with van der Waals surface area (Å²) in [5.74, 6) is -0.0949. The monoisotopic (exact) mass is 232 g/mol. The van der Waals surface area contributed by atoms with Gasteiger partial charge in [0.05, 0.1) is 11.9 Å². The fourth-order valence-corrected chi connectivity index (χ4v) is 0.585. The van der Waals surface area contributed by atoms with Crippen LogP contribution in [0, 0.1) is 0 Å². The molecule has 0 unspecified atom stereocenters. The Morgan fingerprint density at radius 2 is 2.00 bits per heavy atom. The average Bonchev–Trinajstić information content (AvgIpc) is 1.93. The predicted molar refractivity (Wildman–Crippen MR) is 49.8 cm³/mol. The largest absolute Gasteiger partial charge is 0.431 e. The van der Waals surface area contributed by atoms with Crippen LogP contribution in [0.5, 0.6) is 5.75 Å². The van der Waals surface area contributed by atoms with Gasteiger partial charge in [0.1, 0.15) is 0 Å². The van der Waals surface area contributed by atoms with Crippen molar-refractivity contribution in [3.63, 3.8) is 0 Å². The Labute approximate surface area is 86.1 Å². The highest BCUT2D eigenvalue weighted by atomic mass is 35.5.